The fraction of sp³-hybridized carbons (Fsp3) is 0.462. The average Bonchev–Trinajstić information content (AvgIpc) is 2.72. The van der Waals surface area contributed by atoms with Gasteiger partial charge >= 0.3 is 0 Å². The molecule has 0 saturated carbocycles. The highest BCUT2D eigenvalue weighted by Gasteiger charge is 2.17. The predicted molar refractivity (Wildman–Crippen MR) is 68.8 cm³/mol. The second kappa shape index (κ2) is 5.08. The molecule has 0 saturated heterocycles. The molecule has 2 rings (SSSR count). The number of nitrogen functional groups attached to an aromatic ring is 1. The van der Waals surface area contributed by atoms with Crippen LogP contribution in [0.1, 0.15) is 36.7 Å². The van der Waals surface area contributed by atoms with Gasteiger partial charge in [-0.2, -0.15) is 0 Å². The number of hydrogen-bond donors (Lipinski definition) is 2. The first-order valence-electron chi connectivity index (χ1n) is 6.12. The fourth-order valence-electron chi connectivity index (χ4n) is 2.17. The first-order chi connectivity index (χ1) is 8.20. The van der Waals surface area contributed by atoms with Gasteiger partial charge in [-0.1, -0.05) is 12.2 Å². The van der Waals surface area contributed by atoms with Crippen LogP contribution in [-0.4, -0.2) is 16.5 Å². The molecule has 1 amide bonds. The van der Waals surface area contributed by atoms with Gasteiger partial charge in [0, 0.05) is 18.8 Å². The molecule has 1 aromatic rings. The number of hydrogen-bond acceptors (Lipinski definition) is 2. The standard InChI is InChI=1S/C13H19N3O/c1-2-16-9-10(14)8-12(16)13(17)15-11-6-4-3-5-7-11/h3-4,8-9,11H,2,5-7,14H2,1H3,(H,15,17). The molecule has 4 nitrogen and oxygen atoms in total. The topological polar surface area (TPSA) is 60.0 Å². The average molecular weight is 233 g/mol. The van der Waals surface area contributed by atoms with Crippen molar-refractivity contribution in [1.82, 2.24) is 9.88 Å². The van der Waals surface area contributed by atoms with Crippen molar-refractivity contribution in [2.75, 3.05) is 5.73 Å². The van der Waals surface area contributed by atoms with Crippen molar-refractivity contribution in [1.29, 1.82) is 0 Å². The number of allylic oxidation sites excluding steroid dienone is 1. The maximum Gasteiger partial charge on any atom is 0.268 e. The lowest BCUT2D eigenvalue weighted by Gasteiger charge is -2.19. The highest BCUT2D eigenvalue weighted by atomic mass is 16.2. The summed E-state index contributed by atoms with van der Waals surface area (Å²) in [6, 6.07) is 1.99. The highest BCUT2D eigenvalue weighted by molar-refractivity contribution is 5.94. The smallest absolute Gasteiger partial charge is 0.268 e. The summed E-state index contributed by atoms with van der Waals surface area (Å²) >= 11 is 0. The first-order valence-corrected chi connectivity index (χ1v) is 6.12. The quantitative estimate of drug-likeness (QED) is 0.784. The van der Waals surface area contributed by atoms with Gasteiger partial charge in [-0.05, 0) is 32.3 Å². The number of aromatic nitrogens is 1. The Morgan fingerprint density at radius 3 is 3.06 bits per heavy atom. The molecular formula is C13H19N3O. The van der Waals surface area contributed by atoms with E-state index < -0.39 is 0 Å². The van der Waals surface area contributed by atoms with Crippen LogP contribution in [0.15, 0.2) is 24.4 Å². The zero-order valence-electron chi connectivity index (χ0n) is 10.1. The SMILES string of the molecule is CCn1cc(N)cc1C(=O)NC1CC=CCC1. The van der Waals surface area contributed by atoms with E-state index >= 15 is 0 Å². The van der Waals surface area contributed by atoms with Crippen molar-refractivity contribution < 1.29 is 4.79 Å². The molecule has 0 bridgehead atoms. The largest absolute Gasteiger partial charge is 0.397 e. The van der Waals surface area contributed by atoms with Crippen LogP contribution in [0.25, 0.3) is 0 Å². The Labute approximate surface area is 101 Å². The van der Waals surface area contributed by atoms with Crippen LogP contribution in [0.3, 0.4) is 0 Å². The van der Waals surface area contributed by atoms with Crippen molar-refractivity contribution in [2.24, 2.45) is 0 Å². The summed E-state index contributed by atoms with van der Waals surface area (Å²) in [7, 11) is 0. The summed E-state index contributed by atoms with van der Waals surface area (Å²) in [6.07, 6.45) is 9.08. The molecule has 92 valence electrons. The zero-order valence-corrected chi connectivity index (χ0v) is 10.1. The van der Waals surface area contributed by atoms with Gasteiger partial charge in [0.25, 0.3) is 5.91 Å². The number of rotatable bonds is 3. The van der Waals surface area contributed by atoms with E-state index in [2.05, 4.69) is 17.5 Å². The van der Waals surface area contributed by atoms with E-state index in [1.54, 1.807) is 12.3 Å². The lowest BCUT2D eigenvalue weighted by molar-refractivity contribution is 0.0925. The van der Waals surface area contributed by atoms with Crippen LogP contribution in [-0.2, 0) is 6.54 Å². The van der Waals surface area contributed by atoms with Crippen molar-refractivity contribution in [3.8, 4) is 0 Å². The Bertz CT molecular complexity index is 434. The summed E-state index contributed by atoms with van der Waals surface area (Å²) < 4.78 is 1.88. The molecule has 0 spiro atoms. The van der Waals surface area contributed by atoms with Gasteiger partial charge in [-0.15, -0.1) is 0 Å². The minimum Gasteiger partial charge on any atom is -0.397 e. The van der Waals surface area contributed by atoms with Gasteiger partial charge in [0.1, 0.15) is 5.69 Å². The zero-order chi connectivity index (χ0) is 12.3. The molecule has 3 N–H and O–H groups in total. The van der Waals surface area contributed by atoms with E-state index in [0.717, 1.165) is 25.8 Å². The van der Waals surface area contributed by atoms with E-state index in [4.69, 9.17) is 5.73 Å². The number of nitrogens with two attached hydrogens (primary N) is 1. The van der Waals surface area contributed by atoms with Crippen LogP contribution in [0.4, 0.5) is 5.69 Å². The van der Waals surface area contributed by atoms with Crippen molar-refractivity contribution in [3.05, 3.63) is 30.1 Å². The van der Waals surface area contributed by atoms with Crippen LogP contribution < -0.4 is 11.1 Å². The number of anilines is 1. The minimum absolute atomic E-state index is 0.0242. The van der Waals surface area contributed by atoms with Crippen molar-refractivity contribution in [3.63, 3.8) is 0 Å². The Kier molecular flexibility index (Phi) is 3.52. The number of nitrogens with zero attached hydrogens (tertiary/aromatic N) is 1. The number of nitrogens with one attached hydrogen (secondary N) is 1. The van der Waals surface area contributed by atoms with Gasteiger partial charge in [-0.25, -0.2) is 0 Å². The maximum absolute atomic E-state index is 12.1. The van der Waals surface area contributed by atoms with Gasteiger partial charge in [-0.3, -0.25) is 4.79 Å². The van der Waals surface area contributed by atoms with Crippen molar-refractivity contribution >= 4 is 11.6 Å². The molecule has 1 unspecified atom stereocenters. The summed E-state index contributed by atoms with van der Waals surface area (Å²) in [6.45, 7) is 2.75. The molecule has 1 aliphatic rings. The third kappa shape index (κ3) is 2.70. The predicted octanol–water partition coefficient (Wildman–Crippen LogP) is 1.93. The number of aryl methyl sites for hydroxylation is 1. The monoisotopic (exact) mass is 233 g/mol. The molecule has 1 heterocycles. The molecular weight excluding hydrogens is 214 g/mol. The third-order valence-corrected chi connectivity index (χ3v) is 3.10. The maximum atomic E-state index is 12.1. The Morgan fingerprint density at radius 2 is 2.41 bits per heavy atom. The molecule has 1 atom stereocenters. The van der Waals surface area contributed by atoms with E-state index in [1.807, 2.05) is 11.5 Å². The highest BCUT2D eigenvalue weighted by Crippen LogP contribution is 2.14. The van der Waals surface area contributed by atoms with E-state index in [1.165, 1.54) is 0 Å². The Balaban J connectivity index is 2.05. The Hall–Kier alpha value is -1.71. The van der Waals surface area contributed by atoms with Crippen LogP contribution in [0.5, 0.6) is 0 Å². The van der Waals surface area contributed by atoms with E-state index in [-0.39, 0.29) is 11.9 Å². The molecule has 0 fully saturated rings. The van der Waals surface area contributed by atoms with Gasteiger partial charge < -0.3 is 15.6 Å². The molecule has 1 aliphatic carbocycles. The van der Waals surface area contributed by atoms with Crippen LogP contribution in [0, 0.1) is 0 Å². The second-order valence-electron chi connectivity index (χ2n) is 4.40. The lowest BCUT2D eigenvalue weighted by atomic mass is 10.0. The molecule has 0 aliphatic heterocycles. The normalized spacial score (nSPS) is 19.2. The second-order valence-corrected chi connectivity index (χ2v) is 4.40. The first kappa shape index (κ1) is 11.8. The van der Waals surface area contributed by atoms with E-state index in [0.29, 0.717) is 11.4 Å². The van der Waals surface area contributed by atoms with Gasteiger partial charge in [0.15, 0.2) is 0 Å². The summed E-state index contributed by atoms with van der Waals surface area (Å²) in [5, 5.41) is 3.06. The number of carbonyl (C=O) groups is 1. The minimum atomic E-state index is -0.0242. The lowest BCUT2D eigenvalue weighted by Crippen LogP contribution is -2.36. The van der Waals surface area contributed by atoms with Gasteiger partial charge in [0.05, 0.1) is 5.69 Å². The molecule has 0 aromatic carbocycles. The molecule has 1 aromatic heterocycles. The number of amides is 1. The third-order valence-electron chi connectivity index (χ3n) is 3.10. The van der Waals surface area contributed by atoms with Crippen LogP contribution >= 0.6 is 0 Å². The number of carbonyl (C=O) groups excluding carboxylic acids is 1. The summed E-state index contributed by atoms with van der Waals surface area (Å²) in [5.41, 5.74) is 7.01. The summed E-state index contributed by atoms with van der Waals surface area (Å²) in [5.74, 6) is -0.0242. The van der Waals surface area contributed by atoms with Crippen LogP contribution in [0.2, 0.25) is 0 Å². The van der Waals surface area contributed by atoms with Gasteiger partial charge in [0.2, 0.25) is 0 Å². The van der Waals surface area contributed by atoms with E-state index in [9.17, 15) is 4.79 Å². The molecule has 0 radical (unpaired) electrons. The fourth-order valence-corrected chi connectivity index (χ4v) is 2.17. The molecule has 4 heteroatoms. The molecule has 17 heavy (non-hydrogen) atoms. The van der Waals surface area contributed by atoms with Crippen molar-refractivity contribution in [2.45, 2.75) is 38.8 Å². The Morgan fingerprint density at radius 1 is 1.59 bits per heavy atom. The summed E-state index contributed by atoms with van der Waals surface area (Å²) in [4.78, 5) is 12.1.